The summed E-state index contributed by atoms with van der Waals surface area (Å²) >= 11 is 2.91. The minimum Gasteiger partial charge on any atom is -0.334 e. The molecular formula is C17H17N5O2S2. The summed E-state index contributed by atoms with van der Waals surface area (Å²) in [5.41, 5.74) is 2.08. The van der Waals surface area contributed by atoms with Gasteiger partial charge in [0.05, 0.1) is 5.75 Å². The number of nitrogens with zero attached hydrogens (tertiary/aromatic N) is 5. The highest BCUT2D eigenvalue weighted by Crippen LogP contribution is 2.36. The van der Waals surface area contributed by atoms with Crippen LogP contribution in [0.15, 0.2) is 33.1 Å². The molecule has 1 aliphatic carbocycles. The van der Waals surface area contributed by atoms with E-state index in [1.807, 2.05) is 31.2 Å². The number of hydrogen-bond donors (Lipinski definition) is 0. The van der Waals surface area contributed by atoms with Crippen molar-refractivity contribution in [2.75, 3.05) is 4.90 Å². The van der Waals surface area contributed by atoms with Crippen molar-refractivity contribution in [1.82, 2.24) is 20.3 Å². The molecule has 3 aromatic rings. The van der Waals surface area contributed by atoms with Crippen molar-refractivity contribution in [3.63, 3.8) is 0 Å². The van der Waals surface area contributed by atoms with Gasteiger partial charge >= 0.3 is 0 Å². The largest absolute Gasteiger partial charge is 0.334 e. The van der Waals surface area contributed by atoms with E-state index in [1.54, 1.807) is 11.8 Å². The molecular weight excluding hydrogens is 370 g/mol. The van der Waals surface area contributed by atoms with Crippen molar-refractivity contribution >= 4 is 34.1 Å². The van der Waals surface area contributed by atoms with Gasteiger partial charge < -0.3 is 4.52 Å². The van der Waals surface area contributed by atoms with Crippen LogP contribution in [0, 0.1) is 6.92 Å². The van der Waals surface area contributed by atoms with Crippen molar-refractivity contribution in [1.29, 1.82) is 0 Å². The number of thioether (sulfide) groups is 1. The van der Waals surface area contributed by atoms with Crippen LogP contribution >= 0.6 is 23.1 Å². The molecule has 1 saturated carbocycles. The molecule has 0 aliphatic heterocycles. The first-order valence-corrected chi connectivity index (χ1v) is 10.1. The maximum Gasteiger partial charge on any atom is 0.257 e. The molecule has 0 unspecified atom stereocenters. The first-order chi connectivity index (χ1) is 12.6. The molecule has 0 bridgehead atoms. The van der Waals surface area contributed by atoms with Crippen LogP contribution in [0.5, 0.6) is 0 Å². The van der Waals surface area contributed by atoms with E-state index in [1.165, 1.54) is 28.7 Å². The molecule has 26 heavy (non-hydrogen) atoms. The van der Waals surface area contributed by atoms with E-state index in [4.69, 9.17) is 4.52 Å². The van der Waals surface area contributed by atoms with Gasteiger partial charge in [-0.1, -0.05) is 46.0 Å². The molecule has 1 fully saturated rings. The van der Waals surface area contributed by atoms with Crippen LogP contribution in [0.2, 0.25) is 0 Å². The number of anilines is 1. The minimum atomic E-state index is 0.0149. The number of carbonyl (C=O) groups excluding carboxylic acids is 1. The van der Waals surface area contributed by atoms with Crippen LogP contribution in [0.3, 0.4) is 0 Å². The summed E-state index contributed by atoms with van der Waals surface area (Å²) in [6.45, 7) is 3.60. The lowest BCUT2D eigenvalue weighted by Crippen LogP contribution is -2.30. The molecule has 134 valence electrons. The molecule has 1 amide bonds. The normalized spacial score (nSPS) is 13.8. The smallest absolute Gasteiger partial charge is 0.257 e. The zero-order valence-corrected chi connectivity index (χ0v) is 16.0. The van der Waals surface area contributed by atoms with E-state index in [0.29, 0.717) is 22.6 Å². The van der Waals surface area contributed by atoms with E-state index in [0.717, 1.165) is 22.7 Å². The highest BCUT2D eigenvalue weighted by Gasteiger charge is 2.34. The van der Waals surface area contributed by atoms with E-state index < -0.39 is 0 Å². The van der Waals surface area contributed by atoms with Gasteiger partial charge in [0.15, 0.2) is 10.2 Å². The summed E-state index contributed by atoms with van der Waals surface area (Å²) in [5.74, 6) is 1.66. The van der Waals surface area contributed by atoms with Crippen molar-refractivity contribution < 1.29 is 9.32 Å². The molecule has 1 aliphatic rings. The van der Waals surface area contributed by atoms with Gasteiger partial charge in [-0.25, -0.2) is 0 Å². The third-order valence-corrected chi connectivity index (χ3v) is 6.00. The van der Waals surface area contributed by atoms with Crippen molar-refractivity contribution in [2.45, 2.75) is 42.8 Å². The molecule has 0 atom stereocenters. The van der Waals surface area contributed by atoms with Gasteiger partial charge in [-0.15, -0.1) is 10.2 Å². The number of carbonyl (C=O) groups is 1. The number of rotatable bonds is 6. The van der Waals surface area contributed by atoms with Crippen LogP contribution in [-0.2, 0) is 10.5 Å². The van der Waals surface area contributed by atoms with Gasteiger partial charge in [-0.05, 0) is 31.9 Å². The van der Waals surface area contributed by atoms with Crippen LogP contribution in [0.1, 0.15) is 31.2 Å². The van der Waals surface area contributed by atoms with Gasteiger partial charge in [0.1, 0.15) is 0 Å². The van der Waals surface area contributed by atoms with Crippen LogP contribution in [0.4, 0.5) is 5.13 Å². The zero-order chi connectivity index (χ0) is 18.1. The molecule has 2 aromatic heterocycles. The lowest BCUT2D eigenvalue weighted by molar-refractivity contribution is -0.116. The Morgan fingerprint density at radius 3 is 2.77 bits per heavy atom. The maximum absolute atomic E-state index is 11.8. The number of aromatic nitrogens is 4. The van der Waals surface area contributed by atoms with E-state index in [2.05, 4.69) is 20.3 Å². The van der Waals surface area contributed by atoms with Crippen molar-refractivity contribution in [3.8, 4) is 11.5 Å². The van der Waals surface area contributed by atoms with Gasteiger partial charge in [0.25, 0.3) is 5.89 Å². The second kappa shape index (κ2) is 7.16. The third kappa shape index (κ3) is 3.78. The quantitative estimate of drug-likeness (QED) is 0.471. The molecule has 1 aromatic carbocycles. The number of benzene rings is 1. The summed E-state index contributed by atoms with van der Waals surface area (Å²) < 4.78 is 6.12. The summed E-state index contributed by atoms with van der Waals surface area (Å²) in [7, 11) is 0. The van der Waals surface area contributed by atoms with Gasteiger partial charge in [0, 0.05) is 18.5 Å². The molecule has 9 heteroatoms. The standard InChI is InChI=1S/C17H17N5O2S2/c1-10-3-5-12(6-4-10)15-18-14(21-24-15)9-25-17-20-19-16(26-17)22(11(2)23)13-7-8-13/h3-6,13H,7-9H2,1-2H3. The fraction of sp³-hybridized carbons (Fsp3) is 0.353. The molecule has 0 radical (unpaired) electrons. The van der Waals surface area contributed by atoms with Crippen molar-refractivity contribution in [2.24, 2.45) is 0 Å². The summed E-state index contributed by atoms with van der Waals surface area (Å²) in [4.78, 5) is 18.0. The van der Waals surface area contributed by atoms with E-state index >= 15 is 0 Å². The third-order valence-electron chi connectivity index (χ3n) is 3.94. The van der Waals surface area contributed by atoms with Gasteiger partial charge in [-0.2, -0.15) is 4.98 Å². The Labute approximate surface area is 158 Å². The van der Waals surface area contributed by atoms with Gasteiger partial charge in [0.2, 0.25) is 11.0 Å². The van der Waals surface area contributed by atoms with Crippen molar-refractivity contribution in [3.05, 3.63) is 35.7 Å². The Balaban J connectivity index is 1.40. The lowest BCUT2D eigenvalue weighted by Gasteiger charge is -2.15. The molecule has 0 spiro atoms. The van der Waals surface area contributed by atoms with E-state index in [-0.39, 0.29) is 11.9 Å². The number of amides is 1. The first-order valence-electron chi connectivity index (χ1n) is 8.26. The average Bonchev–Trinajstić information content (AvgIpc) is 3.15. The van der Waals surface area contributed by atoms with Crippen LogP contribution in [-0.4, -0.2) is 32.3 Å². The topological polar surface area (TPSA) is 85.0 Å². The second-order valence-corrected chi connectivity index (χ2v) is 8.32. The monoisotopic (exact) mass is 387 g/mol. The minimum absolute atomic E-state index is 0.0149. The fourth-order valence-electron chi connectivity index (χ4n) is 2.49. The molecule has 2 heterocycles. The highest BCUT2D eigenvalue weighted by atomic mass is 32.2. The van der Waals surface area contributed by atoms with Crippen LogP contribution < -0.4 is 4.90 Å². The Kier molecular flexibility index (Phi) is 4.73. The first kappa shape index (κ1) is 17.2. The fourth-order valence-corrected chi connectivity index (χ4v) is 4.29. The summed E-state index contributed by atoms with van der Waals surface area (Å²) in [6.07, 6.45) is 2.07. The predicted octanol–water partition coefficient (Wildman–Crippen LogP) is 3.70. The molecule has 4 rings (SSSR count). The predicted molar refractivity (Wildman–Crippen MR) is 100 cm³/mol. The molecule has 0 saturated heterocycles. The number of aryl methyl sites for hydroxylation is 1. The van der Waals surface area contributed by atoms with E-state index in [9.17, 15) is 4.79 Å². The SMILES string of the molecule is CC(=O)N(c1nnc(SCc2noc(-c3ccc(C)cc3)n2)s1)C1CC1. The average molecular weight is 387 g/mol. The lowest BCUT2D eigenvalue weighted by atomic mass is 10.1. The molecule has 7 nitrogen and oxygen atoms in total. The van der Waals surface area contributed by atoms with Crippen LogP contribution in [0.25, 0.3) is 11.5 Å². The summed E-state index contributed by atoms with van der Waals surface area (Å²) in [6, 6.07) is 8.23. The number of hydrogen-bond acceptors (Lipinski definition) is 8. The Morgan fingerprint density at radius 1 is 1.31 bits per heavy atom. The highest BCUT2D eigenvalue weighted by molar-refractivity contribution is 8.00. The Bertz CT molecular complexity index is 917. The van der Waals surface area contributed by atoms with Gasteiger partial charge in [-0.3, -0.25) is 9.69 Å². The second-order valence-electron chi connectivity index (χ2n) is 6.14. The Hall–Kier alpha value is -2.26. The molecule has 0 N–H and O–H groups in total. The maximum atomic E-state index is 11.8. The summed E-state index contributed by atoms with van der Waals surface area (Å²) in [5, 5.41) is 13.0. The Morgan fingerprint density at radius 2 is 2.08 bits per heavy atom. The zero-order valence-electron chi connectivity index (χ0n) is 14.4.